The molecule has 0 spiro atoms. The van der Waals surface area contributed by atoms with Gasteiger partial charge in [0.1, 0.15) is 5.75 Å². The molecule has 0 bridgehead atoms. The Balaban J connectivity index is 1.49. The maximum atomic E-state index is 12.5. The Morgan fingerprint density at radius 3 is 2.48 bits per heavy atom. The summed E-state index contributed by atoms with van der Waals surface area (Å²) in [6.07, 6.45) is 0. The fraction of sp³-hybridized carbons (Fsp3) is 0.632. The minimum Gasteiger partial charge on any atom is -0.484 e. The zero-order valence-corrected chi connectivity index (χ0v) is 15.0. The molecule has 2 atom stereocenters. The van der Waals surface area contributed by atoms with E-state index in [9.17, 15) is 9.90 Å². The molecule has 6 heteroatoms. The van der Waals surface area contributed by atoms with E-state index in [-0.39, 0.29) is 25.0 Å². The molecule has 1 N–H and O–H groups in total. The van der Waals surface area contributed by atoms with E-state index in [0.717, 1.165) is 32.7 Å². The van der Waals surface area contributed by atoms with Gasteiger partial charge in [-0.15, -0.1) is 0 Å². The minimum atomic E-state index is 0.00294. The molecule has 0 saturated carbocycles. The average Bonchev–Trinajstić information content (AvgIpc) is 3.05. The van der Waals surface area contributed by atoms with Gasteiger partial charge in [-0.05, 0) is 25.1 Å². The molecule has 25 heavy (non-hydrogen) atoms. The van der Waals surface area contributed by atoms with Gasteiger partial charge in [0.2, 0.25) is 0 Å². The lowest BCUT2D eigenvalue weighted by Crippen LogP contribution is -2.47. The highest BCUT2D eigenvalue weighted by Crippen LogP contribution is 2.25. The number of rotatable bonds is 6. The van der Waals surface area contributed by atoms with Crippen molar-refractivity contribution in [3.63, 3.8) is 0 Å². The highest BCUT2D eigenvalue weighted by molar-refractivity contribution is 5.78. The second-order valence-electron chi connectivity index (χ2n) is 7.21. The summed E-state index contributed by atoms with van der Waals surface area (Å²) in [6.45, 7) is 6.81. The van der Waals surface area contributed by atoms with Crippen molar-refractivity contribution in [3.8, 4) is 5.75 Å². The highest BCUT2D eigenvalue weighted by atomic mass is 16.5. The number of nitrogens with zero attached hydrogens (tertiary/aromatic N) is 3. The molecule has 2 unspecified atom stereocenters. The van der Waals surface area contributed by atoms with Crippen LogP contribution in [0, 0.1) is 11.8 Å². The Morgan fingerprint density at radius 2 is 1.80 bits per heavy atom. The molecular formula is C19H29N3O3. The van der Waals surface area contributed by atoms with Crippen molar-refractivity contribution in [3.05, 3.63) is 30.3 Å². The number of piperazine rings is 1. The summed E-state index contributed by atoms with van der Waals surface area (Å²) in [4.78, 5) is 19.1. The normalized spacial score (nSPS) is 25.3. The highest BCUT2D eigenvalue weighted by Gasteiger charge is 2.36. The van der Waals surface area contributed by atoms with Crippen LogP contribution in [0.5, 0.6) is 5.75 Å². The maximum absolute atomic E-state index is 12.5. The number of ether oxygens (including phenoxy) is 1. The molecule has 2 heterocycles. The maximum Gasteiger partial charge on any atom is 0.260 e. The van der Waals surface area contributed by atoms with E-state index >= 15 is 0 Å². The summed E-state index contributed by atoms with van der Waals surface area (Å²) in [7, 11) is 2.15. The lowest BCUT2D eigenvalue weighted by Gasteiger charge is -2.34. The molecule has 1 aromatic rings. The first-order chi connectivity index (χ1) is 12.2. The first-order valence-electron chi connectivity index (χ1n) is 9.13. The summed E-state index contributed by atoms with van der Waals surface area (Å²) in [5.41, 5.74) is 0. The molecule has 0 radical (unpaired) electrons. The van der Waals surface area contributed by atoms with E-state index in [2.05, 4.69) is 16.8 Å². The molecule has 2 saturated heterocycles. The van der Waals surface area contributed by atoms with Crippen molar-refractivity contribution < 1.29 is 14.6 Å². The molecule has 2 fully saturated rings. The Kier molecular flexibility index (Phi) is 6.29. The standard InChI is InChI=1S/C19H29N3O3/c1-20-7-9-21(10-8-20)11-16-12-22(13-17(16)14-23)19(24)15-25-18-5-3-2-4-6-18/h2-6,16-17,23H,7-15H2,1H3. The van der Waals surface area contributed by atoms with Crippen LogP contribution >= 0.6 is 0 Å². The first-order valence-corrected chi connectivity index (χ1v) is 9.13. The summed E-state index contributed by atoms with van der Waals surface area (Å²) in [5.74, 6) is 1.22. The van der Waals surface area contributed by atoms with Crippen LogP contribution in [-0.4, -0.2) is 91.8 Å². The monoisotopic (exact) mass is 347 g/mol. The summed E-state index contributed by atoms with van der Waals surface area (Å²) < 4.78 is 5.58. The molecule has 3 rings (SSSR count). The number of carbonyl (C=O) groups is 1. The zero-order chi connectivity index (χ0) is 17.6. The van der Waals surface area contributed by atoms with E-state index in [1.165, 1.54) is 0 Å². The summed E-state index contributed by atoms with van der Waals surface area (Å²) in [6, 6.07) is 9.41. The van der Waals surface area contributed by atoms with E-state index in [4.69, 9.17) is 4.74 Å². The summed E-state index contributed by atoms with van der Waals surface area (Å²) >= 11 is 0. The van der Waals surface area contributed by atoms with Gasteiger partial charge in [0.05, 0.1) is 0 Å². The number of aliphatic hydroxyl groups is 1. The number of aliphatic hydroxyl groups excluding tert-OH is 1. The van der Waals surface area contributed by atoms with Crippen LogP contribution in [0.15, 0.2) is 30.3 Å². The SMILES string of the molecule is CN1CCN(CC2CN(C(=O)COc3ccccc3)CC2CO)CC1. The molecular weight excluding hydrogens is 318 g/mol. The number of para-hydroxylation sites is 1. The minimum absolute atomic E-state index is 0.00294. The van der Waals surface area contributed by atoms with Gasteiger partial charge in [-0.25, -0.2) is 0 Å². The molecule has 1 amide bonds. The van der Waals surface area contributed by atoms with Crippen molar-refractivity contribution >= 4 is 5.91 Å². The number of carbonyl (C=O) groups excluding carboxylic acids is 1. The second-order valence-corrected chi connectivity index (χ2v) is 7.21. The third-order valence-electron chi connectivity index (χ3n) is 5.36. The Bertz CT molecular complexity index is 546. The lowest BCUT2D eigenvalue weighted by atomic mass is 9.96. The van der Waals surface area contributed by atoms with Gasteiger partial charge < -0.3 is 24.5 Å². The number of likely N-dealkylation sites (N-methyl/N-ethyl adjacent to an activating group) is 1. The molecule has 138 valence electrons. The molecule has 0 aromatic heterocycles. The number of benzene rings is 1. The predicted octanol–water partition coefficient (Wildman–Crippen LogP) is 0.380. The Labute approximate surface area is 150 Å². The largest absolute Gasteiger partial charge is 0.484 e. The third-order valence-corrected chi connectivity index (χ3v) is 5.36. The van der Waals surface area contributed by atoms with Crippen LogP contribution in [-0.2, 0) is 4.79 Å². The van der Waals surface area contributed by atoms with Crippen molar-refractivity contribution in [2.45, 2.75) is 0 Å². The Morgan fingerprint density at radius 1 is 1.12 bits per heavy atom. The van der Waals surface area contributed by atoms with Crippen molar-refractivity contribution in [2.24, 2.45) is 11.8 Å². The van der Waals surface area contributed by atoms with E-state index in [1.807, 2.05) is 35.2 Å². The summed E-state index contributed by atoms with van der Waals surface area (Å²) in [5, 5.41) is 9.72. The van der Waals surface area contributed by atoms with E-state index in [0.29, 0.717) is 24.8 Å². The van der Waals surface area contributed by atoms with Gasteiger partial charge in [0.15, 0.2) is 6.61 Å². The van der Waals surface area contributed by atoms with Crippen LogP contribution in [0.4, 0.5) is 0 Å². The molecule has 2 aliphatic heterocycles. The van der Waals surface area contributed by atoms with Crippen LogP contribution < -0.4 is 4.74 Å². The van der Waals surface area contributed by atoms with Gasteiger partial charge in [-0.2, -0.15) is 0 Å². The van der Waals surface area contributed by atoms with Gasteiger partial charge in [-0.1, -0.05) is 18.2 Å². The molecule has 1 aromatic carbocycles. The molecule has 2 aliphatic rings. The van der Waals surface area contributed by atoms with Gasteiger partial charge in [-0.3, -0.25) is 4.79 Å². The number of likely N-dealkylation sites (tertiary alicyclic amines) is 1. The van der Waals surface area contributed by atoms with E-state index in [1.54, 1.807) is 0 Å². The van der Waals surface area contributed by atoms with Gasteiger partial charge in [0.25, 0.3) is 5.91 Å². The lowest BCUT2D eigenvalue weighted by molar-refractivity contribution is -0.132. The number of hydrogen-bond donors (Lipinski definition) is 1. The van der Waals surface area contributed by atoms with Crippen molar-refractivity contribution in [1.82, 2.24) is 14.7 Å². The van der Waals surface area contributed by atoms with Crippen LogP contribution in [0.25, 0.3) is 0 Å². The Hall–Kier alpha value is -1.63. The topological polar surface area (TPSA) is 56.2 Å². The zero-order valence-electron chi connectivity index (χ0n) is 15.0. The average molecular weight is 347 g/mol. The molecule has 6 nitrogen and oxygen atoms in total. The second kappa shape index (κ2) is 8.65. The quantitative estimate of drug-likeness (QED) is 0.806. The van der Waals surface area contributed by atoms with Gasteiger partial charge >= 0.3 is 0 Å². The van der Waals surface area contributed by atoms with Crippen LogP contribution in [0.3, 0.4) is 0 Å². The predicted molar refractivity (Wildman–Crippen MR) is 96.5 cm³/mol. The number of hydrogen-bond acceptors (Lipinski definition) is 5. The first kappa shape index (κ1) is 18.2. The van der Waals surface area contributed by atoms with E-state index < -0.39 is 0 Å². The smallest absolute Gasteiger partial charge is 0.260 e. The number of amides is 1. The fourth-order valence-corrected chi connectivity index (χ4v) is 3.67. The van der Waals surface area contributed by atoms with Crippen molar-refractivity contribution in [1.29, 1.82) is 0 Å². The van der Waals surface area contributed by atoms with Crippen molar-refractivity contribution in [2.75, 3.05) is 66.1 Å². The van der Waals surface area contributed by atoms with Crippen LogP contribution in [0.1, 0.15) is 0 Å². The van der Waals surface area contributed by atoms with Gasteiger partial charge in [0, 0.05) is 58.3 Å². The molecule has 0 aliphatic carbocycles. The third kappa shape index (κ3) is 4.93. The van der Waals surface area contributed by atoms with Crippen LogP contribution in [0.2, 0.25) is 0 Å². The fourth-order valence-electron chi connectivity index (χ4n) is 3.67.